The summed E-state index contributed by atoms with van der Waals surface area (Å²) >= 11 is 0. The smallest absolute Gasteiger partial charge is 0.227 e. The van der Waals surface area contributed by atoms with Gasteiger partial charge in [-0.1, -0.05) is 5.16 Å². The van der Waals surface area contributed by atoms with Gasteiger partial charge < -0.3 is 9.26 Å². The SMILES string of the molecule is [CH2]c1nc(-c2ccc(OC)cc2)no1. The second-order valence-corrected chi connectivity index (χ2v) is 2.74. The van der Waals surface area contributed by atoms with E-state index in [1.165, 1.54) is 0 Å². The van der Waals surface area contributed by atoms with E-state index in [1.54, 1.807) is 7.11 Å². The number of nitrogens with zero attached hydrogens (tertiary/aromatic N) is 2. The molecule has 0 aliphatic rings. The second-order valence-electron chi connectivity index (χ2n) is 2.74. The van der Waals surface area contributed by atoms with Crippen LogP contribution in [0.5, 0.6) is 5.75 Å². The normalized spacial score (nSPS) is 10.1. The average Bonchev–Trinajstić information content (AvgIpc) is 2.65. The lowest BCUT2D eigenvalue weighted by atomic mass is 10.2. The molecule has 2 aromatic rings. The van der Waals surface area contributed by atoms with Crippen LogP contribution in [0.1, 0.15) is 5.89 Å². The number of hydrogen-bond donors (Lipinski definition) is 0. The van der Waals surface area contributed by atoms with Crippen molar-refractivity contribution in [2.75, 3.05) is 7.11 Å². The van der Waals surface area contributed by atoms with Gasteiger partial charge in [0.05, 0.1) is 7.11 Å². The lowest BCUT2D eigenvalue weighted by Crippen LogP contribution is -1.83. The molecule has 14 heavy (non-hydrogen) atoms. The molecule has 0 aliphatic heterocycles. The van der Waals surface area contributed by atoms with Gasteiger partial charge in [-0.15, -0.1) is 0 Å². The lowest BCUT2D eigenvalue weighted by molar-refractivity contribution is 0.405. The van der Waals surface area contributed by atoms with Crippen molar-refractivity contribution < 1.29 is 9.26 Å². The molecule has 0 fully saturated rings. The first kappa shape index (κ1) is 8.74. The first-order chi connectivity index (χ1) is 6.79. The minimum absolute atomic E-state index is 0.316. The van der Waals surface area contributed by atoms with Gasteiger partial charge in [-0.05, 0) is 24.3 Å². The van der Waals surface area contributed by atoms with Crippen molar-refractivity contribution in [1.29, 1.82) is 0 Å². The highest BCUT2D eigenvalue weighted by molar-refractivity contribution is 5.55. The van der Waals surface area contributed by atoms with Crippen molar-refractivity contribution in [3.05, 3.63) is 37.1 Å². The van der Waals surface area contributed by atoms with Crippen LogP contribution in [0.3, 0.4) is 0 Å². The molecule has 1 radical (unpaired) electrons. The number of ether oxygens (including phenoxy) is 1. The Hall–Kier alpha value is -1.84. The molecule has 0 saturated carbocycles. The van der Waals surface area contributed by atoms with E-state index >= 15 is 0 Å². The van der Waals surface area contributed by atoms with E-state index in [0.717, 1.165) is 11.3 Å². The van der Waals surface area contributed by atoms with E-state index < -0.39 is 0 Å². The van der Waals surface area contributed by atoms with Gasteiger partial charge in [0.25, 0.3) is 0 Å². The zero-order valence-electron chi connectivity index (χ0n) is 7.73. The molecule has 0 amide bonds. The molecule has 4 heteroatoms. The molecule has 0 bridgehead atoms. The zero-order chi connectivity index (χ0) is 9.97. The van der Waals surface area contributed by atoms with Gasteiger partial charge in [0.15, 0.2) is 0 Å². The van der Waals surface area contributed by atoms with Crippen molar-refractivity contribution in [3.63, 3.8) is 0 Å². The minimum Gasteiger partial charge on any atom is -0.497 e. The average molecular weight is 189 g/mol. The molecule has 0 saturated heterocycles. The largest absolute Gasteiger partial charge is 0.497 e. The van der Waals surface area contributed by atoms with Crippen molar-refractivity contribution in [1.82, 2.24) is 10.1 Å². The summed E-state index contributed by atoms with van der Waals surface area (Å²) in [6.45, 7) is 3.54. The van der Waals surface area contributed by atoms with Gasteiger partial charge >= 0.3 is 0 Å². The van der Waals surface area contributed by atoms with E-state index in [1.807, 2.05) is 24.3 Å². The first-order valence-corrected chi connectivity index (χ1v) is 4.09. The van der Waals surface area contributed by atoms with Gasteiger partial charge in [-0.3, -0.25) is 0 Å². The summed E-state index contributed by atoms with van der Waals surface area (Å²) in [4.78, 5) is 4.01. The Bertz CT molecular complexity index is 420. The highest BCUT2D eigenvalue weighted by Crippen LogP contribution is 2.19. The maximum atomic E-state index is 5.03. The second kappa shape index (κ2) is 3.49. The van der Waals surface area contributed by atoms with Crippen LogP contribution in [0.15, 0.2) is 28.8 Å². The summed E-state index contributed by atoms with van der Waals surface area (Å²) in [6, 6.07) is 7.41. The number of rotatable bonds is 2. The van der Waals surface area contributed by atoms with Gasteiger partial charge in [-0.25, -0.2) is 0 Å². The van der Waals surface area contributed by atoms with Crippen molar-refractivity contribution >= 4 is 0 Å². The maximum absolute atomic E-state index is 5.03. The monoisotopic (exact) mass is 189 g/mol. The van der Waals surface area contributed by atoms with Crippen LogP contribution in [0.2, 0.25) is 0 Å². The Morgan fingerprint density at radius 2 is 2.00 bits per heavy atom. The molecular weight excluding hydrogens is 180 g/mol. The molecule has 0 spiro atoms. The third kappa shape index (κ3) is 1.59. The molecule has 0 N–H and O–H groups in total. The van der Waals surface area contributed by atoms with Crippen molar-refractivity contribution in [3.8, 4) is 17.1 Å². The quantitative estimate of drug-likeness (QED) is 0.724. The lowest BCUT2D eigenvalue weighted by Gasteiger charge is -1.98. The summed E-state index contributed by atoms with van der Waals surface area (Å²) in [5, 5.41) is 3.75. The summed E-state index contributed by atoms with van der Waals surface area (Å²) in [6.07, 6.45) is 0. The third-order valence-corrected chi connectivity index (χ3v) is 1.82. The van der Waals surface area contributed by atoms with Crippen LogP contribution in [-0.2, 0) is 0 Å². The van der Waals surface area contributed by atoms with Crippen LogP contribution in [-0.4, -0.2) is 17.3 Å². The van der Waals surface area contributed by atoms with E-state index in [-0.39, 0.29) is 0 Å². The topological polar surface area (TPSA) is 48.2 Å². The molecule has 1 heterocycles. The number of aromatic nitrogens is 2. The van der Waals surface area contributed by atoms with Gasteiger partial charge in [-0.2, -0.15) is 4.98 Å². The first-order valence-electron chi connectivity index (χ1n) is 4.09. The molecule has 2 rings (SSSR count). The van der Waals surface area contributed by atoms with E-state index in [9.17, 15) is 0 Å². The fourth-order valence-corrected chi connectivity index (χ4v) is 1.11. The predicted octanol–water partition coefficient (Wildman–Crippen LogP) is 1.93. The standard InChI is InChI=1S/C10H9N2O2/c1-7-11-10(12-14-7)8-3-5-9(13-2)6-4-8/h3-6H,1H2,2H3. The van der Waals surface area contributed by atoms with Crippen LogP contribution in [0, 0.1) is 6.92 Å². The summed E-state index contributed by atoms with van der Waals surface area (Å²) in [7, 11) is 1.62. The van der Waals surface area contributed by atoms with Crippen LogP contribution in [0.4, 0.5) is 0 Å². The van der Waals surface area contributed by atoms with E-state index in [0.29, 0.717) is 11.7 Å². The van der Waals surface area contributed by atoms with Crippen LogP contribution >= 0.6 is 0 Å². The Kier molecular flexibility index (Phi) is 2.18. The highest BCUT2D eigenvalue weighted by atomic mass is 16.5. The molecule has 0 unspecified atom stereocenters. The maximum Gasteiger partial charge on any atom is 0.227 e. The summed E-state index contributed by atoms with van der Waals surface area (Å²) in [5.41, 5.74) is 0.879. The Balaban J connectivity index is 2.33. The predicted molar refractivity (Wildman–Crippen MR) is 50.7 cm³/mol. The third-order valence-electron chi connectivity index (χ3n) is 1.82. The molecular formula is C10H9N2O2. The van der Waals surface area contributed by atoms with Gasteiger partial charge in [0, 0.05) is 12.5 Å². The Morgan fingerprint density at radius 3 is 2.50 bits per heavy atom. The number of methoxy groups -OCH3 is 1. The van der Waals surface area contributed by atoms with Crippen LogP contribution in [0.25, 0.3) is 11.4 Å². The van der Waals surface area contributed by atoms with Crippen molar-refractivity contribution in [2.45, 2.75) is 0 Å². The van der Waals surface area contributed by atoms with Gasteiger partial charge in [0.1, 0.15) is 5.75 Å². The molecule has 4 nitrogen and oxygen atoms in total. The number of benzene rings is 1. The zero-order valence-corrected chi connectivity index (χ0v) is 7.73. The van der Waals surface area contributed by atoms with E-state index in [2.05, 4.69) is 17.1 Å². The molecule has 1 aromatic heterocycles. The number of hydrogen-bond acceptors (Lipinski definition) is 4. The molecule has 0 atom stereocenters. The van der Waals surface area contributed by atoms with Gasteiger partial charge in [0.2, 0.25) is 11.7 Å². The molecule has 1 aromatic carbocycles. The fourth-order valence-electron chi connectivity index (χ4n) is 1.11. The fraction of sp³-hybridized carbons (Fsp3) is 0.100. The Morgan fingerprint density at radius 1 is 1.29 bits per heavy atom. The minimum atomic E-state index is 0.316. The summed E-state index contributed by atoms with van der Waals surface area (Å²) < 4.78 is 9.81. The Labute approximate surface area is 81.5 Å². The molecule has 71 valence electrons. The van der Waals surface area contributed by atoms with Crippen LogP contribution < -0.4 is 4.74 Å². The summed E-state index contributed by atoms with van der Waals surface area (Å²) in [5.74, 6) is 1.65. The van der Waals surface area contributed by atoms with Crippen molar-refractivity contribution in [2.24, 2.45) is 0 Å². The van der Waals surface area contributed by atoms with E-state index in [4.69, 9.17) is 9.26 Å². The highest BCUT2D eigenvalue weighted by Gasteiger charge is 2.04. The molecule has 0 aliphatic carbocycles.